The number of hydrogen-bond donors (Lipinski definition) is 3. The van der Waals surface area contributed by atoms with Gasteiger partial charge in [-0.3, -0.25) is 15.2 Å². The van der Waals surface area contributed by atoms with Crippen molar-refractivity contribution >= 4 is 22.0 Å². The van der Waals surface area contributed by atoms with Crippen molar-refractivity contribution in [3.8, 4) is 0 Å². The molecule has 0 saturated carbocycles. The Kier molecular flexibility index (Phi) is 2.80. The summed E-state index contributed by atoms with van der Waals surface area (Å²) in [6.07, 6.45) is 3.05. The first-order chi connectivity index (χ1) is 9.44. The molecule has 0 aliphatic carbocycles. The van der Waals surface area contributed by atoms with Crippen LogP contribution >= 0.6 is 0 Å². The number of amides is 3. The van der Waals surface area contributed by atoms with Gasteiger partial charge in [0.25, 0.3) is 5.91 Å². The van der Waals surface area contributed by atoms with Crippen molar-refractivity contribution in [1.82, 2.24) is 25.1 Å². The Balaban J connectivity index is 1.77. The fourth-order valence-corrected chi connectivity index (χ4v) is 3.87. The molecule has 0 unspecified atom stereocenters. The van der Waals surface area contributed by atoms with Gasteiger partial charge in [0.15, 0.2) is 0 Å². The van der Waals surface area contributed by atoms with E-state index in [1.807, 2.05) is 0 Å². The summed E-state index contributed by atoms with van der Waals surface area (Å²) in [6, 6.07) is -0.527. The van der Waals surface area contributed by atoms with Crippen molar-refractivity contribution in [2.75, 3.05) is 13.1 Å². The molecule has 2 aliphatic heterocycles. The molecule has 0 atom stereocenters. The third kappa shape index (κ3) is 1.88. The van der Waals surface area contributed by atoms with E-state index in [2.05, 4.69) is 20.8 Å². The molecular weight excluding hydrogens is 286 g/mol. The number of urea groups is 1. The number of hydrogen-bond acceptors (Lipinski definition) is 5. The zero-order valence-corrected chi connectivity index (χ0v) is 11.2. The van der Waals surface area contributed by atoms with Crippen molar-refractivity contribution in [3.05, 3.63) is 12.4 Å². The number of nitrogens with one attached hydrogen (secondary N) is 3. The lowest BCUT2D eigenvalue weighted by Gasteiger charge is -2.35. The molecule has 3 amide bonds. The number of carbonyl (C=O) groups excluding carboxylic acids is 2. The Morgan fingerprint density at radius 2 is 1.95 bits per heavy atom. The molecule has 108 valence electrons. The largest absolute Gasteiger partial charge is 0.323 e. The third-order valence-corrected chi connectivity index (χ3v) is 5.57. The van der Waals surface area contributed by atoms with Gasteiger partial charge in [-0.05, 0) is 12.8 Å². The Bertz CT molecular complexity index is 645. The zero-order valence-electron chi connectivity index (χ0n) is 10.4. The molecule has 20 heavy (non-hydrogen) atoms. The van der Waals surface area contributed by atoms with Crippen LogP contribution < -0.4 is 10.6 Å². The summed E-state index contributed by atoms with van der Waals surface area (Å²) in [6.45, 7) is 0.336. The van der Waals surface area contributed by atoms with Crippen molar-refractivity contribution in [1.29, 1.82) is 0 Å². The summed E-state index contributed by atoms with van der Waals surface area (Å²) in [5.41, 5.74) is -0.973. The average molecular weight is 299 g/mol. The van der Waals surface area contributed by atoms with E-state index < -0.39 is 21.6 Å². The average Bonchev–Trinajstić information content (AvgIpc) is 3.00. The maximum absolute atomic E-state index is 12.3. The number of carbonyl (C=O) groups is 2. The van der Waals surface area contributed by atoms with Gasteiger partial charge < -0.3 is 5.32 Å². The van der Waals surface area contributed by atoms with Crippen LogP contribution in [-0.2, 0) is 14.8 Å². The lowest BCUT2D eigenvalue weighted by Crippen LogP contribution is -2.55. The predicted molar refractivity (Wildman–Crippen MR) is 66.0 cm³/mol. The molecular formula is C10H13N5O4S. The van der Waals surface area contributed by atoms with Gasteiger partial charge in [0, 0.05) is 19.3 Å². The molecule has 0 radical (unpaired) electrons. The highest BCUT2D eigenvalue weighted by atomic mass is 32.2. The molecule has 1 spiro atoms. The van der Waals surface area contributed by atoms with Gasteiger partial charge in [-0.25, -0.2) is 13.2 Å². The molecule has 10 heteroatoms. The van der Waals surface area contributed by atoms with E-state index >= 15 is 0 Å². The summed E-state index contributed by atoms with van der Waals surface area (Å²) in [5, 5.41) is 10.9. The highest BCUT2D eigenvalue weighted by Crippen LogP contribution is 2.28. The molecule has 0 bridgehead atoms. The highest BCUT2D eigenvalue weighted by Gasteiger charge is 2.49. The Morgan fingerprint density at radius 1 is 1.25 bits per heavy atom. The van der Waals surface area contributed by atoms with Gasteiger partial charge in [-0.2, -0.15) is 9.40 Å². The van der Waals surface area contributed by atoms with Gasteiger partial charge in [-0.1, -0.05) is 0 Å². The van der Waals surface area contributed by atoms with Crippen LogP contribution in [0, 0.1) is 0 Å². The van der Waals surface area contributed by atoms with Gasteiger partial charge in [0.05, 0.1) is 6.20 Å². The number of sulfonamides is 1. The summed E-state index contributed by atoms with van der Waals surface area (Å²) >= 11 is 0. The molecule has 3 heterocycles. The molecule has 3 N–H and O–H groups in total. The highest BCUT2D eigenvalue weighted by molar-refractivity contribution is 7.89. The smallest absolute Gasteiger partial charge is 0.322 e. The van der Waals surface area contributed by atoms with Crippen LogP contribution in [0.4, 0.5) is 4.79 Å². The lowest BCUT2D eigenvalue weighted by molar-refractivity contribution is -0.125. The Morgan fingerprint density at radius 3 is 2.45 bits per heavy atom. The molecule has 2 fully saturated rings. The molecule has 2 saturated heterocycles. The third-order valence-electron chi connectivity index (χ3n) is 3.70. The number of H-pyrrole nitrogens is 1. The van der Waals surface area contributed by atoms with Crippen LogP contribution in [0.3, 0.4) is 0 Å². The monoisotopic (exact) mass is 299 g/mol. The van der Waals surface area contributed by atoms with E-state index in [1.54, 1.807) is 0 Å². The standard InChI is InChI=1S/C10H13N5O4S/c16-8-10(14-9(17)13-8)1-3-15(4-2-10)20(18,19)7-5-11-12-6-7/h5-6H,1-4H2,(H,11,12)(H2,13,14,16,17). The van der Waals surface area contributed by atoms with Crippen molar-refractivity contribution in [2.24, 2.45) is 0 Å². The Hall–Kier alpha value is -1.94. The summed E-state index contributed by atoms with van der Waals surface area (Å²) < 4.78 is 25.8. The molecule has 1 aromatic rings. The van der Waals surface area contributed by atoms with E-state index in [0.717, 1.165) is 0 Å². The van der Waals surface area contributed by atoms with Gasteiger partial charge in [-0.15, -0.1) is 0 Å². The first kappa shape index (κ1) is 13.1. The zero-order chi connectivity index (χ0) is 14.4. The van der Waals surface area contributed by atoms with E-state index in [-0.39, 0.29) is 36.7 Å². The fourth-order valence-electron chi connectivity index (χ4n) is 2.52. The van der Waals surface area contributed by atoms with E-state index in [9.17, 15) is 18.0 Å². The second kappa shape index (κ2) is 4.28. The number of nitrogens with zero attached hydrogens (tertiary/aromatic N) is 2. The molecule has 1 aromatic heterocycles. The first-order valence-electron chi connectivity index (χ1n) is 6.07. The van der Waals surface area contributed by atoms with Crippen LogP contribution in [-0.4, -0.2) is 53.5 Å². The number of rotatable bonds is 2. The number of aromatic amines is 1. The predicted octanol–water partition coefficient (Wildman–Crippen LogP) is -1.23. The van der Waals surface area contributed by atoms with Crippen LogP contribution in [0.25, 0.3) is 0 Å². The van der Waals surface area contributed by atoms with Crippen molar-refractivity contribution < 1.29 is 18.0 Å². The van der Waals surface area contributed by atoms with Crippen LogP contribution in [0.2, 0.25) is 0 Å². The molecule has 9 nitrogen and oxygen atoms in total. The number of piperidine rings is 1. The van der Waals surface area contributed by atoms with Crippen LogP contribution in [0.5, 0.6) is 0 Å². The summed E-state index contributed by atoms with van der Waals surface area (Å²) in [7, 11) is -3.60. The quantitative estimate of drug-likeness (QED) is 0.590. The van der Waals surface area contributed by atoms with Crippen molar-refractivity contribution in [2.45, 2.75) is 23.3 Å². The normalized spacial score (nSPS) is 22.8. The SMILES string of the molecule is O=C1NC(=O)C2(CCN(S(=O)(=O)c3cn[nH]c3)CC2)N1. The van der Waals surface area contributed by atoms with Gasteiger partial charge >= 0.3 is 6.03 Å². The van der Waals surface area contributed by atoms with E-state index in [0.29, 0.717) is 0 Å². The Labute approximate surface area is 114 Å². The maximum atomic E-state index is 12.3. The van der Waals surface area contributed by atoms with Gasteiger partial charge in [0.2, 0.25) is 10.0 Å². The van der Waals surface area contributed by atoms with E-state index in [4.69, 9.17) is 0 Å². The topological polar surface area (TPSA) is 124 Å². The minimum absolute atomic E-state index is 0.0911. The number of aromatic nitrogens is 2. The van der Waals surface area contributed by atoms with E-state index in [1.165, 1.54) is 16.7 Å². The first-order valence-corrected chi connectivity index (χ1v) is 7.51. The molecule has 3 rings (SSSR count). The molecule has 2 aliphatic rings. The fraction of sp³-hybridized carbons (Fsp3) is 0.500. The minimum Gasteiger partial charge on any atom is -0.323 e. The summed E-state index contributed by atoms with van der Waals surface area (Å²) in [5.74, 6) is -0.386. The van der Waals surface area contributed by atoms with Crippen molar-refractivity contribution in [3.63, 3.8) is 0 Å². The van der Waals surface area contributed by atoms with Crippen LogP contribution in [0.15, 0.2) is 17.3 Å². The second-order valence-corrected chi connectivity index (χ2v) is 6.77. The maximum Gasteiger partial charge on any atom is 0.322 e. The minimum atomic E-state index is -3.60. The summed E-state index contributed by atoms with van der Waals surface area (Å²) in [4.78, 5) is 23.1. The second-order valence-electron chi connectivity index (χ2n) is 4.83. The lowest BCUT2D eigenvalue weighted by atomic mass is 9.89. The number of imide groups is 1. The van der Waals surface area contributed by atoms with Crippen LogP contribution in [0.1, 0.15) is 12.8 Å². The van der Waals surface area contributed by atoms with Gasteiger partial charge in [0.1, 0.15) is 10.4 Å². The molecule has 0 aromatic carbocycles.